The van der Waals surface area contributed by atoms with Gasteiger partial charge < -0.3 is 5.11 Å². The summed E-state index contributed by atoms with van der Waals surface area (Å²) >= 11 is 3.14. The van der Waals surface area contributed by atoms with Gasteiger partial charge in [-0.3, -0.25) is 0 Å². The number of halogens is 4. The Balaban J connectivity index is 1.98. The van der Waals surface area contributed by atoms with E-state index >= 15 is 0 Å². The zero-order chi connectivity index (χ0) is 14.0. The molecule has 0 radical (unpaired) electrons. The summed E-state index contributed by atoms with van der Waals surface area (Å²) < 4.78 is 39.8. The van der Waals surface area contributed by atoms with Crippen molar-refractivity contribution in [3.63, 3.8) is 0 Å². The quantitative estimate of drug-likeness (QED) is 0.871. The maximum Gasteiger partial charge on any atom is 0.248 e. The van der Waals surface area contributed by atoms with Crippen molar-refractivity contribution >= 4 is 15.9 Å². The standard InChI is InChI=1S/C14H16BrF3O/c15-13-10(2-1-3-11(13)16)8-12(19)9-4-6-14(17,18)7-5-9/h1-3,9,12,19H,4-8H2. The highest BCUT2D eigenvalue weighted by Crippen LogP contribution is 2.38. The molecule has 1 aliphatic rings. The van der Waals surface area contributed by atoms with Gasteiger partial charge in [0.15, 0.2) is 0 Å². The van der Waals surface area contributed by atoms with Gasteiger partial charge in [0.2, 0.25) is 5.92 Å². The predicted molar refractivity (Wildman–Crippen MR) is 70.7 cm³/mol. The van der Waals surface area contributed by atoms with E-state index in [1.54, 1.807) is 12.1 Å². The largest absolute Gasteiger partial charge is 0.392 e. The van der Waals surface area contributed by atoms with Crippen LogP contribution >= 0.6 is 15.9 Å². The molecule has 1 N–H and O–H groups in total. The normalized spacial score (nSPS) is 21.3. The van der Waals surface area contributed by atoms with E-state index < -0.39 is 12.0 Å². The Kier molecular flexibility index (Phi) is 4.56. The van der Waals surface area contributed by atoms with Crippen LogP contribution in [0.2, 0.25) is 0 Å². The molecule has 0 saturated heterocycles. The minimum Gasteiger partial charge on any atom is -0.392 e. The van der Waals surface area contributed by atoms with Crippen LogP contribution in [0.15, 0.2) is 22.7 Å². The topological polar surface area (TPSA) is 20.2 Å². The molecule has 1 nitrogen and oxygen atoms in total. The third-order valence-corrected chi connectivity index (χ3v) is 4.65. The molecular weight excluding hydrogens is 321 g/mol. The van der Waals surface area contributed by atoms with Gasteiger partial charge >= 0.3 is 0 Å². The summed E-state index contributed by atoms with van der Waals surface area (Å²) in [6.07, 6.45) is -0.108. The lowest BCUT2D eigenvalue weighted by Gasteiger charge is -2.31. The van der Waals surface area contributed by atoms with Crippen molar-refractivity contribution < 1.29 is 18.3 Å². The Morgan fingerprint density at radius 1 is 1.32 bits per heavy atom. The Hall–Kier alpha value is -0.550. The van der Waals surface area contributed by atoms with E-state index in [1.165, 1.54) is 6.07 Å². The molecule has 1 saturated carbocycles. The van der Waals surface area contributed by atoms with Gasteiger partial charge in [-0.2, -0.15) is 0 Å². The summed E-state index contributed by atoms with van der Waals surface area (Å²) in [7, 11) is 0. The molecule has 0 heterocycles. The first-order valence-corrected chi connectivity index (χ1v) is 7.17. The van der Waals surface area contributed by atoms with Crippen molar-refractivity contribution in [3.05, 3.63) is 34.1 Å². The van der Waals surface area contributed by atoms with E-state index in [4.69, 9.17) is 0 Å². The lowest BCUT2D eigenvalue weighted by molar-refractivity contribution is -0.0619. The molecule has 1 aliphatic carbocycles. The Morgan fingerprint density at radius 2 is 1.95 bits per heavy atom. The van der Waals surface area contributed by atoms with Crippen molar-refractivity contribution in [1.29, 1.82) is 0 Å². The van der Waals surface area contributed by atoms with Crippen molar-refractivity contribution in [2.75, 3.05) is 0 Å². The van der Waals surface area contributed by atoms with E-state index in [0.29, 0.717) is 22.9 Å². The second-order valence-corrected chi connectivity index (χ2v) is 5.97. The molecule has 0 aliphatic heterocycles. The number of aliphatic hydroxyl groups is 1. The van der Waals surface area contributed by atoms with E-state index in [-0.39, 0.29) is 31.0 Å². The smallest absolute Gasteiger partial charge is 0.248 e. The molecule has 1 atom stereocenters. The molecule has 106 valence electrons. The molecule has 5 heteroatoms. The van der Waals surface area contributed by atoms with Crippen LogP contribution in [0.3, 0.4) is 0 Å². The monoisotopic (exact) mass is 336 g/mol. The van der Waals surface area contributed by atoms with Crippen LogP contribution in [0.25, 0.3) is 0 Å². The Labute approximate surface area is 119 Å². The number of rotatable bonds is 3. The summed E-state index contributed by atoms with van der Waals surface area (Å²) in [4.78, 5) is 0. The fourth-order valence-corrected chi connectivity index (χ4v) is 2.97. The highest BCUT2D eigenvalue weighted by atomic mass is 79.9. The molecule has 0 amide bonds. The lowest BCUT2D eigenvalue weighted by Crippen LogP contribution is -2.32. The lowest BCUT2D eigenvalue weighted by atomic mass is 9.81. The van der Waals surface area contributed by atoms with Gasteiger partial charge in [0.1, 0.15) is 5.82 Å². The summed E-state index contributed by atoms with van der Waals surface area (Å²) in [6, 6.07) is 4.64. The van der Waals surface area contributed by atoms with Gasteiger partial charge in [-0.15, -0.1) is 0 Å². The highest BCUT2D eigenvalue weighted by Gasteiger charge is 2.37. The van der Waals surface area contributed by atoms with Gasteiger partial charge in [-0.05, 0) is 52.7 Å². The molecule has 0 bridgehead atoms. The zero-order valence-corrected chi connectivity index (χ0v) is 12.0. The minimum atomic E-state index is -2.59. The van der Waals surface area contributed by atoms with Crippen molar-refractivity contribution in [2.24, 2.45) is 5.92 Å². The third kappa shape index (κ3) is 3.72. The fourth-order valence-electron chi connectivity index (χ4n) is 2.55. The number of hydrogen-bond acceptors (Lipinski definition) is 1. The van der Waals surface area contributed by atoms with E-state index in [1.807, 2.05) is 0 Å². The van der Waals surface area contributed by atoms with Crippen LogP contribution in [0, 0.1) is 11.7 Å². The van der Waals surface area contributed by atoms with E-state index in [9.17, 15) is 18.3 Å². The summed E-state index contributed by atoms with van der Waals surface area (Å²) in [6.45, 7) is 0. The summed E-state index contributed by atoms with van der Waals surface area (Å²) in [5.41, 5.74) is 0.671. The third-order valence-electron chi connectivity index (χ3n) is 3.77. The zero-order valence-electron chi connectivity index (χ0n) is 10.4. The highest BCUT2D eigenvalue weighted by molar-refractivity contribution is 9.10. The minimum absolute atomic E-state index is 0.130. The molecule has 2 rings (SSSR count). The first-order chi connectivity index (χ1) is 8.89. The molecule has 0 aromatic heterocycles. The van der Waals surface area contributed by atoms with Gasteiger partial charge in [0.25, 0.3) is 0 Å². The van der Waals surface area contributed by atoms with Gasteiger partial charge in [0.05, 0.1) is 10.6 Å². The van der Waals surface area contributed by atoms with Crippen molar-refractivity contribution in [3.8, 4) is 0 Å². The Morgan fingerprint density at radius 3 is 2.58 bits per heavy atom. The van der Waals surface area contributed by atoms with E-state index in [0.717, 1.165) is 0 Å². The number of hydrogen-bond donors (Lipinski definition) is 1. The molecular formula is C14H16BrF3O. The van der Waals surface area contributed by atoms with Gasteiger partial charge in [-0.1, -0.05) is 12.1 Å². The van der Waals surface area contributed by atoms with Crippen LogP contribution < -0.4 is 0 Å². The van der Waals surface area contributed by atoms with Gasteiger partial charge in [0, 0.05) is 12.8 Å². The van der Waals surface area contributed by atoms with Crippen LogP contribution in [-0.4, -0.2) is 17.1 Å². The van der Waals surface area contributed by atoms with Crippen LogP contribution in [0.4, 0.5) is 13.2 Å². The number of benzene rings is 1. The average Bonchev–Trinajstić information content (AvgIpc) is 2.35. The fraction of sp³-hybridized carbons (Fsp3) is 0.571. The number of aliphatic hydroxyl groups excluding tert-OH is 1. The van der Waals surface area contributed by atoms with Crippen LogP contribution in [0.1, 0.15) is 31.2 Å². The first kappa shape index (κ1) is 14.9. The SMILES string of the molecule is OC(Cc1cccc(F)c1Br)C1CCC(F)(F)CC1. The van der Waals surface area contributed by atoms with E-state index in [2.05, 4.69) is 15.9 Å². The van der Waals surface area contributed by atoms with Gasteiger partial charge in [-0.25, -0.2) is 13.2 Å². The van der Waals surface area contributed by atoms with Crippen LogP contribution in [0.5, 0.6) is 0 Å². The predicted octanol–water partition coefficient (Wildman–Crippen LogP) is 4.32. The van der Waals surface area contributed by atoms with Crippen molar-refractivity contribution in [1.82, 2.24) is 0 Å². The Bertz CT molecular complexity index is 440. The first-order valence-electron chi connectivity index (χ1n) is 6.38. The second-order valence-electron chi connectivity index (χ2n) is 5.18. The molecule has 0 spiro atoms. The maximum atomic E-state index is 13.3. The average molecular weight is 337 g/mol. The molecule has 1 fully saturated rings. The van der Waals surface area contributed by atoms with Crippen molar-refractivity contribution in [2.45, 2.75) is 44.1 Å². The molecule has 1 aromatic rings. The summed E-state index contributed by atoms with van der Waals surface area (Å²) in [5.74, 6) is -3.09. The molecule has 1 aromatic carbocycles. The molecule has 19 heavy (non-hydrogen) atoms. The molecule has 1 unspecified atom stereocenters. The number of alkyl halides is 2. The summed E-state index contributed by atoms with van der Waals surface area (Å²) in [5, 5.41) is 10.1. The van der Waals surface area contributed by atoms with Crippen LogP contribution in [-0.2, 0) is 6.42 Å². The maximum absolute atomic E-state index is 13.3. The second kappa shape index (κ2) is 5.83.